The fourth-order valence-corrected chi connectivity index (χ4v) is 3.79. The Balaban J connectivity index is 1.84. The summed E-state index contributed by atoms with van der Waals surface area (Å²) in [6.07, 6.45) is 4.69. The highest BCUT2D eigenvalue weighted by molar-refractivity contribution is 5.55. The lowest BCUT2D eigenvalue weighted by Crippen LogP contribution is -2.63. The third kappa shape index (κ3) is 2.85. The first-order valence-electron chi connectivity index (χ1n) is 9.20. The Bertz CT molecular complexity index is 918. The molecular formula is C21H24N4O2. The molecule has 140 valence electrons. The Morgan fingerprint density at radius 1 is 1.15 bits per heavy atom. The summed E-state index contributed by atoms with van der Waals surface area (Å²) in [5.41, 5.74) is 2.03. The van der Waals surface area contributed by atoms with Gasteiger partial charge in [0, 0.05) is 42.0 Å². The van der Waals surface area contributed by atoms with Crippen LogP contribution in [0.15, 0.2) is 53.6 Å². The molecule has 1 atom stereocenters. The van der Waals surface area contributed by atoms with Crippen molar-refractivity contribution in [1.82, 2.24) is 20.4 Å². The molecule has 2 aromatic heterocycles. The van der Waals surface area contributed by atoms with Crippen LogP contribution in [0.5, 0.6) is 0 Å². The number of aromatic nitrogens is 3. The van der Waals surface area contributed by atoms with E-state index in [2.05, 4.69) is 53.3 Å². The molecule has 0 bridgehead atoms. The van der Waals surface area contributed by atoms with Crippen LogP contribution in [0, 0.1) is 5.41 Å². The van der Waals surface area contributed by atoms with Gasteiger partial charge in [-0.05, 0) is 23.1 Å². The molecule has 3 heterocycles. The highest BCUT2D eigenvalue weighted by Gasteiger charge is 2.53. The van der Waals surface area contributed by atoms with Crippen LogP contribution < -0.4 is 5.32 Å². The molecule has 6 heteroatoms. The number of nitrogens with one attached hydrogen (secondary N) is 1. The molecule has 0 unspecified atom stereocenters. The molecule has 1 aromatic carbocycles. The molecule has 0 saturated carbocycles. The quantitative estimate of drug-likeness (QED) is 0.724. The number of hydrogen-bond donors (Lipinski definition) is 2. The first-order valence-corrected chi connectivity index (χ1v) is 9.20. The lowest BCUT2D eigenvalue weighted by Gasteiger charge is -2.52. The zero-order valence-corrected chi connectivity index (χ0v) is 15.8. The van der Waals surface area contributed by atoms with E-state index < -0.39 is 5.60 Å². The van der Waals surface area contributed by atoms with Crippen molar-refractivity contribution in [2.24, 2.45) is 5.41 Å². The van der Waals surface area contributed by atoms with Gasteiger partial charge in [-0.3, -0.25) is 4.98 Å². The predicted molar refractivity (Wildman–Crippen MR) is 102 cm³/mol. The van der Waals surface area contributed by atoms with Gasteiger partial charge in [0.05, 0.1) is 0 Å². The summed E-state index contributed by atoms with van der Waals surface area (Å²) in [7, 11) is 0. The van der Waals surface area contributed by atoms with Crippen molar-refractivity contribution < 1.29 is 9.63 Å². The topological polar surface area (TPSA) is 84.1 Å². The van der Waals surface area contributed by atoms with Gasteiger partial charge in [-0.1, -0.05) is 50.2 Å². The summed E-state index contributed by atoms with van der Waals surface area (Å²) < 4.78 is 4.85. The van der Waals surface area contributed by atoms with E-state index in [1.54, 1.807) is 12.4 Å². The van der Waals surface area contributed by atoms with E-state index in [1.165, 1.54) is 12.0 Å². The van der Waals surface area contributed by atoms with Gasteiger partial charge >= 0.3 is 0 Å². The SMILES string of the molecule is CC(C)c1ccc([C@](O)(c2cncc(-c3ncon3)c2)C2(C)CNC2)cc1. The Labute approximate surface area is 158 Å². The van der Waals surface area contributed by atoms with Gasteiger partial charge < -0.3 is 14.9 Å². The number of rotatable bonds is 5. The Hall–Kier alpha value is -2.57. The largest absolute Gasteiger partial charge is 0.380 e. The van der Waals surface area contributed by atoms with E-state index in [1.807, 2.05) is 18.2 Å². The number of aliphatic hydroxyl groups is 1. The van der Waals surface area contributed by atoms with Crippen molar-refractivity contribution in [3.8, 4) is 11.4 Å². The molecule has 6 nitrogen and oxygen atoms in total. The van der Waals surface area contributed by atoms with Gasteiger partial charge in [0.1, 0.15) is 5.60 Å². The summed E-state index contributed by atoms with van der Waals surface area (Å²) in [6, 6.07) is 10.1. The smallest absolute Gasteiger partial charge is 0.214 e. The summed E-state index contributed by atoms with van der Waals surface area (Å²) >= 11 is 0. The van der Waals surface area contributed by atoms with Gasteiger partial charge in [-0.15, -0.1) is 0 Å². The fourth-order valence-electron chi connectivity index (χ4n) is 3.79. The zero-order chi connectivity index (χ0) is 19.1. The minimum Gasteiger partial charge on any atom is -0.380 e. The average molecular weight is 364 g/mol. The summed E-state index contributed by atoms with van der Waals surface area (Å²) in [5, 5.41) is 19.2. The van der Waals surface area contributed by atoms with E-state index in [-0.39, 0.29) is 5.41 Å². The van der Waals surface area contributed by atoms with Crippen molar-refractivity contribution in [2.75, 3.05) is 13.1 Å². The maximum Gasteiger partial charge on any atom is 0.214 e. The second-order valence-electron chi connectivity index (χ2n) is 7.87. The minimum atomic E-state index is -1.18. The Kier molecular flexibility index (Phi) is 4.32. The maximum atomic E-state index is 12.0. The monoisotopic (exact) mass is 364 g/mol. The van der Waals surface area contributed by atoms with Crippen molar-refractivity contribution in [1.29, 1.82) is 0 Å². The molecule has 0 aliphatic carbocycles. The third-order valence-electron chi connectivity index (χ3n) is 5.67. The average Bonchev–Trinajstić information content (AvgIpc) is 3.20. The molecule has 0 spiro atoms. The second kappa shape index (κ2) is 6.55. The van der Waals surface area contributed by atoms with Crippen LogP contribution >= 0.6 is 0 Å². The molecule has 3 aromatic rings. The summed E-state index contributed by atoms with van der Waals surface area (Å²) in [6.45, 7) is 7.87. The van der Waals surface area contributed by atoms with Crippen molar-refractivity contribution >= 4 is 0 Å². The molecule has 2 N–H and O–H groups in total. The summed E-state index contributed by atoms with van der Waals surface area (Å²) in [5.74, 6) is 0.898. The molecule has 0 amide bonds. The number of pyridine rings is 1. The van der Waals surface area contributed by atoms with Crippen molar-refractivity contribution in [2.45, 2.75) is 32.3 Å². The third-order valence-corrected chi connectivity index (χ3v) is 5.67. The molecule has 1 aliphatic rings. The van der Waals surface area contributed by atoms with E-state index in [0.717, 1.165) is 24.2 Å². The van der Waals surface area contributed by atoms with Crippen molar-refractivity contribution in [3.05, 3.63) is 65.8 Å². The van der Waals surface area contributed by atoms with E-state index in [9.17, 15) is 5.11 Å². The highest BCUT2D eigenvalue weighted by Crippen LogP contribution is 2.48. The number of benzene rings is 1. The maximum absolute atomic E-state index is 12.0. The summed E-state index contributed by atoms with van der Waals surface area (Å²) in [4.78, 5) is 8.45. The lowest BCUT2D eigenvalue weighted by atomic mass is 9.63. The molecule has 0 radical (unpaired) electrons. The lowest BCUT2D eigenvalue weighted by molar-refractivity contribution is -0.0769. The second-order valence-corrected chi connectivity index (χ2v) is 7.87. The zero-order valence-electron chi connectivity index (χ0n) is 15.8. The van der Waals surface area contributed by atoms with Gasteiger partial charge in [-0.25, -0.2) is 0 Å². The molecular weight excluding hydrogens is 340 g/mol. The van der Waals surface area contributed by atoms with E-state index in [0.29, 0.717) is 17.3 Å². The molecule has 1 aliphatic heterocycles. The minimum absolute atomic E-state index is 0.343. The van der Waals surface area contributed by atoms with Gasteiger partial charge in [0.2, 0.25) is 12.2 Å². The van der Waals surface area contributed by atoms with Crippen LogP contribution in [0.1, 0.15) is 43.4 Å². The van der Waals surface area contributed by atoms with Crippen LogP contribution in [-0.2, 0) is 5.60 Å². The normalized spacial score (nSPS) is 18.1. The Morgan fingerprint density at radius 2 is 1.89 bits per heavy atom. The van der Waals surface area contributed by atoms with Gasteiger partial charge in [-0.2, -0.15) is 4.98 Å². The number of nitrogens with zero attached hydrogens (tertiary/aromatic N) is 3. The molecule has 1 saturated heterocycles. The molecule has 27 heavy (non-hydrogen) atoms. The van der Waals surface area contributed by atoms with E-state index in [4.69, 9.17) is 4.52 Å². The molecule has 1 fully saturated rings. The Morgan fingerprint density at radius 3 is 2.44 bits per heavy atom. The van der Waals surface area contributed by atoms with Crippen LogP contribution in [0.4, 0.5) is 0 Å². The van der Waals surface area contributed by atoms with E-state index >= 15 is 0 Å². The van der Waals surface area contributed by atoms with Gasteiger partial charge in [0.15, 0.2) is 0 Å². The van der Waals surface area contributed by atoms with Crippen LogP contribution in [0.2, 0.25) is 0 Å². The predicted octanol–water partition coefficient (Wildman–Crippen LogP) is 3.10. The number of hydrogen-bond acceptors (Lipinski definition) is 6. The standard InChI is InChI=1S/C21H24N4O2/c1-14(2)15-4-6-17(7-5-15)21(26,20(3)11-23-12-20)18-8-16(9-22-10-18)19-24-13-27-25-19/h4-10,13-14,23,26H,11-12H2,1-3H3/t21-/m0/s1. The first kappa shape index (κ1) is 17.8. The van der Waals surface area contributed by atoms with Crippen LogP contribution in [-0.4, -0.2) is 33.3 Å². The highest BCUT2D eigenvalue weighted by atomic mass is 16.5. The van der Waals surface area contributed by atoms with Crippen LogP contribution in [0.25, 0.3) is 11.4 Å². The van der Waals surface area contributed by atoms with Crippen molar-refractivity contribution in [3.63, 3.8) is 0 Å². The fraction of sp³-hybridized carbons (Fsp3) is 0.381. The first-order chi connectivity index (χ1) is 12.9. The van der Waals surface area contributed by atoms with Crippen LogP contribution in [0.3, 0.4) is 0 Å². The van der Waals surface area contributed by atoms with Gasteiger partial charge in [0.25, 0.3) is 0 Å². The molecule has 4 rings (SSSR count).